The van der Waals surface area contributed by atoms with Gasteiger partial charge in [0.2, 0.25) is 5.91 Å². The molecule has 0 bridgehead atoms. The van der Waals surface area contributed by atoms with Crippen molar-refractivity contribution in [1.82, 2.24) is 24.6 Å². The van der Waals surface area contributed by atoms with Crippen LogP contribution in [0.5, 0.6) is 0 Å². The normalized spacial score (nSPS) is 14.6. The third-order valence-electron chi connectivity index (χ3n) is 6.04. The molecule has 0 saturated carbocycles. The summed E-state index contributed by atoms with van der Waals surface area (Å²) in [5.41, 5.74) is 3.03. The third kappa shape index (κ3) is 5.04. The molecule has 2 aromatic heterocycles. The highest BCUT2D eigenvalue weighted by molar-refractivity contribution is 8.00. The summed E-state index contributed by atoms with van der Waals surface area (Å²) < 4.78 is 2.09. The highest BCUT2D eigenvalue weighted by Gasteiger charge is 2.30. The molecule has 3 heterocycles. The number of rotatable bonds is 7. The van der Waals surface area contributed by atoms with Gasteiger partial charge in [0.05, 0.1) is 6.54 Å². The summed E-state index contributed by atoms with van der Waals surface area (Å²) in [4.78, 5) is 20.0. The Morgan fingerprint density at radius 1 is 0.882 bits per heavy atom. The molecule has 1 amide bonds. The lowest BCUT2D eigenvalue weighted by Gasteiger charge is -2.30. The average Bonchev–Trinajstić information content (AvgIpc) is 3.31. The number of nitrogens with zero attached hydrogens (tertiary/aromatic N) is 5. The second-order valence-corrected chi connectivity index (χ2v) is 9.49. The van der Waals surface area contributed by atoms with Crippen molar-refractivity contribution in [3.63, 3.8) is 0 Å². The molecule has 4 aromatic rings. The molecule has 172 valence electrons. The van der Waals surface area contributed by atoms with Gasteiger partial charge < -0.3 is 4.90 Å². The summed E-state index contributed by atoms with van der Waals surface area (Å²) in [6.07, 6.45) is 6.86. The first-order valence-electron chi connectivity index (χ1n) is 11.7. The third-order valence-corrected chi connectivity index (χ3v) is 7.26. The number of likely N-dealkylation sites (tertiary alicyclic amines) is 1. The Balaban J connectivity index is 1.52. The molecule has 0 spiro atoms. The molecule has 5 rings (SSSR count). The fraction of sp³-hybridized carbons (Fsp3) is 0.259. The van der Waals surface area contributed by atoms with Crippen LogP contribution in [0.4, 0.5) is 0 Å². The fourth-order valence-electron chi connectivity index (χ4n) is 4.27. The van der Waals surface area contributed by atoms with E-state index in [9.17, 15) is 4.79 Å². The lowest BCUT2D eigenvalue weighted by molar-refractivity contribution is -0.131. The molecule has 1 fully saturated rings. The molecule has 0 aliphatic carbocycles. The molecule has 7 heteroatoms. The van der Waals surface area contributed by atoms with Crippen LogP contribution in [0.3, 0.4) is 0 Å². The summed E-state index contributed by atoms with van der Waals surface area (Å²) in [6, 6.07) is 24.2. The van der Waals surface area contributed by atoms with E-state index in [1.807, 2.05) is 65.6 Å². The Morgan fingerprint density at radius 2 is 1.62 bits per heavy atom. The molecule has 0 unspecified atom stereocenters. The van der Waals surface area contributed by atoms with E-state index in [2.05, 4.69) is 31.9 Å². The van der Waals surface area contributed by atoms with Crippen LogP contribution in [0.2, 0.25) is 0 Å². The van der Waals surface area contributed by atoms with Gasteiger partial charge >= 0.3 is 0 Å². The Labute approximate surface area is 204 Å². The summed E-state index contributed by atoms with van der Waals surface area (Å²) in [5.74, 6) is 0.893. The van der Waals surface area contributed by atoms with E-state index in [0.717, 1.165) is 53.6 Å². The molecule has 1 saturated heterocycles. The Bertz CT molecular complexity index is 1210. The van der Waals surface area contributed by atoms with Gasteiger partial charge in [0.25, 0.3) is 0 Å². The van der Waals surface area contributed by atoms with Crippen LogP contribution in [0, 0.1) is 0 Å². The van der Waals surface area contributed by atoms with Crippen LogP contribution >= 0.6 is 11.8 Å². The van der Waals surface area contributed by atoms with Crippen molar-refractivity contribution >= 4 is 17.7 Å². The van der Waals surface area contributed by atoms with Crippen LogP contribution in [0.25, 0.3) is 11.4 Å². The molecule has 6 nitrogen and oxygen atoms in total. The maximum Gasteiger partial charge on any atom is 0.240 e. The molecular weight excluding hydrogens is 442 g/mol. The van der Waals surface area contributed by atoms with Crippen molar-refractivity contribution < 1.29 is 4.79 Å². The molecule has 1 aliphatic rings. The Morgan fingerprint density at radius 3 is 2.32 bits per heavy atom. The summed E-state index contributed by atoms with van der Waals surface area (Å²) in [7, 11) is 0. The summed E-state index contributed by atoms with van der Waals surface area (Å²) >= 11 is 1.48. The van der Waals surface area contributed by atoms with Crippen molar-refractivity contribution in [2.45, 2.75) is 36.2 Å². The van der Waals surface area contributed by atoms with Crippen LogP contribution in [0.1, 0.15) is 35.6 Å². The van der Waals surface area contributed by atoms with Gasteiger partial charge in [0.15, 0.2) is 11.0 Å². The van der Waals surface area contributed by atoms with E-state index in [1.54, 1.807) is 12.4 Å². The lowest BCUT2D eigenvalue weighted by atomic mass is 10.1. The SMILES string of the molecule is O=C([C@@H](Sc1nnc(-c2cccnc2)n1Cc1ccccc1)c1ccccc1)N1CCCCC1. The molecule has 1 atom stereocenters. The number of hydrogen-bond acceptors (Lipinski definition) is 5. The standard InChI is InChI=1S/C27H27N5OS/c33-26(31-17-8-3-9-18-31)24(22-13-6-2-7-14-22)34-27-30-29-25(23-15-10-16-28-19-23)32(27)20-21-11-4-1-5-12-21/h1-2,4-7,10-16,19,24H,3,8-9,17-18,20H2/t24-/m0/s1. The van der Waals surface area contributed by atoms with Crippen LogP contribution in [-0.4, -0.2) is 43.6 Å². The molecule has 1 aliphatic heterocycles. The molecular formula is C27H27N5OS. The van der Waals surface area contributed by atoms with Gasteiger partial charge in [-0.15, -0.1) is 10.2 Å². The summed E-state index contributed by atoms with van der Waals surface area (Å²) in [6.45, 7) is 2.25. The smallest absolute Gasteiger partial charge is 0.240 e. The first-order chi connectivity index (χ1) is 16.8. The van der Waals surface area contributed by atoms with Gasteiger partial charge in [-0.05, 0) is 42.5 Å². The van der Waals surface area contributed by atoms with Crippen molar-refractivity contribution in [2.75, 3.05) is 13.1 Å². The van der Waals surface area contributed by atoms with Gasteiger partial charge in [-0.3, -0.25) is 14.3 Å². The maximum atomic E-state index is 13.7. The zero-order chi connectivity index (χ0) is 23.2. The number of amides is 1. The first kappa shape index (κ1) is 22.3. The number of thioether (sulfide) groups is 1. The van der Waals surface area contributed by atoms with E-state index in [0.29, 0.717) is 6.54 Å². The van der Waals surface area contributed by atoms with E-state index >= 15 is 0 Å². The number of pyridine rings is 1. The first-order valence-corrected chi connectivity index (χ1v) is 12.6. The van der Waals surface area contributed by atoms with Gasteiger partial charge in [-0.25, -0.2) is 0 Å². The lowest BCUT2D eigenvalue weighted by Crippen LogP contribution is -2.38. The maximum absolute atomic E-state index is 13.7. The average molecular weight is 470 g/mol. The van der Waals surface area contributed by atoms with Crippen molar-refractivity contribution in [3.05, 3.63) is 96.3 Å². The summed E-state index contributed by atoms with van der Waals surface area (Å²) in [5, 5.41) is 9.44. The largest absolute Gasteiger partial charge is 0.341 e. The Hall–Kier alpha value is -3.45. The number of hydrogen-bond donors (Lipinski definition) is 0. The zero-order valence-electron chi connectivity index (χ0n) is 19.0. The van der Waals surface area contributed by atoms with E-state index in [-0.39, 0.29) is 11.2 Å². The van der Waals surface area contributed by atoms with Gasteiger partial charge in [-0.1, -0.05) is 72.4 Å². The highest BCUT2D eigenvalue weighted by atomic mass is 32.2. The van der Waals surface area contributed by atoms with Gasteiger partial charge in [0.1, 0.15) is 5.25 Å². The number of carbonyl (C=O) groups excluding carboxylic acids is 1. The molecule has 34 heavy (non-hydrogen) atoms. The zero-order valence-corrected chi connectivity index (χ0v) is 19.8. The van der Waals surface area contributed by atoms with E-state index in [1.165, 1.54) is 18.2 Å². The monoisotopic (exact) mass is 469 g/mol. The molecule has 0 radical (unpaired) electrons. The van der Waals surface area contributed by atoms with Crippen molar-refractivity contribution in [3.8, 4) is 11.4 Å². The second-order valence-electron chi connectivity index (χ2n) is 8.41. The minimum Gasteiger partial charge on any atom is -0.341 e. The fourth-order valence-corrected chi connectivity index (χ4v) is 5.39. The number of piperidine rings is 1. The topological polar surface area (TPSA) is 63.9 Å². The van der Waals surface area contributed by atoms with Crippen LogP contribution in [0.15, 0.2) is 90.3 Å². The van der Waals surface area contributed by atoms with E-state index < -0.39 is 0 Å². The van der Waals surface area contributed by atoms with Gasteiger partial charge in [0, 0.05) is 31.0 Å². The second kappa shape index (κ2) is 10.7. The van der Waals surface area contributed by atoms with Crippen LogP contribution < -0.4 is 0 Å². The van der Waals surface area contributed by atoms with Gasteiger partial charge in [-0.2, -0.15) is 0 Å². The number of carbonyl (C=O) groups is 1. The molecule has 2 aromatic carbocycles. The minimum atomic E-state index is -0.375. The quantitative estimate of drug-likeness (QED) is 0.347. The van der Waals surface area contributed by atoms with Crippen molar-refractivity contribution in [2.24, 2.45) is 0 Å². The molecule has 0 N–H and O–H groups in total. The highest BCUT2D eigenvalue weighted by Crippen LogP contribution is 2.38. The number of aromatic nitrogens is 4. The predicted molar refractivity (Wildman–Crippen MR) is 134 cm³/mol. The minimum absolute atomic E-state index is 0.146. The van der Waals surface area contributed by atoms with Crippen molar-refractivity contribution in [1.29, 1.82) is 0 Å². The van der Waals surface area contributed by atoms with Crippen LogP contribution in [-0.2, 0) is 11.3 Å². The van der Waals surface area contributed by atoms with E-state index in [4.69, 9.17) is 0 Å². The Kier molecular flexibility index (Phi) is 7.00. The predicted octanol–water partition coefficient (Wildman–Crippen LogP) is 5.23. The number of benzene rings is 2.